The lowest BCUT2D eigenvalue weighted by atomic mass is 10.1. The number of rotatable bonds is 2. The number of carbonyl (C=O) groups is 1. The summed E-state index contributed by atoms with van der Waals surface area (Å²) in [6.07, 6.45) is 0. The molecule has 0 atom stereocenters. The fourth-order valence-corrected chi connectivity index (χ4v) is 2.59. The van der Waals surface area contributed by atoms with Gasteiger partial charge in [0.15, 0.2) is 11.2 Å². The van der Waals surface area contributed by atoms with Crippen LogP contribution in [0.3, 0.4) is 0 Å². The molecule has 1 amide bonds. The van der Waals surface area contributed by atoms with Gasteiger partial charge in [-0.3, -0.25) is 9.59 Å². The van der Waals surface area contributed by atoms with E-state index in [4.69, 9.17) is 4.42 Å². The highest BCUT2D eigenvalue weighted by molar-refractivity contribution is 9.10. The molecule has 1 aromatic heterocycles. The average molecular weight is 372 g/mol. The number of nitrogens with one attached hydrogen (secondary N) is 1. The first-order valence-corrected chi connectivity index (χ1v) is 7.85. The molecule has 0 radical (unpaired) electrons. The largest absolute Gasteiger partial charge is 0.451 e. The Morgan fingerprint density at radius 3 is 2.57 bits per heavy atom. The highest BCUT2D eigenvalue weighted by Gasteiger charge is 2.13. The van der Waals surface area contributed by atoms with Crippen molar-refractivity contribution in [2.45, 2.75) is 13.8 Å². The molecule has 0 aliphatic carbocycles. The Hall–Kier alpha value is -2.40. The number of hydrogen-bond donors (Lipinski definition) is 1. The van der Waals surface area contributed by atoms with Gasteiger partial charge in [-0.15, -0.1) is 0 Å². The second-order valence-corrected chi connectivity index (χ2v) is 6.28. The number of anilines is 1. The maximum Gasteiger partial charge on any atom is 0.291 e. The topological polar surface area (TPSA) is 59.3 Å². The molecule has 23 heavy (non-hydrogen) atoms. The zero-order valence-corrected chi connectivity index (χ0v) is 14.2. The predicted octanol–water partition coefficient (Wildman–Crippen LogP) is 4.42. The molecule has 3 aromatic rings. The van der Waals surface area contributed by atoms with Crippen molar-refractivity contribution in [1.82, 2.24) is 0 Å². The third-order valence-corrected chi connectivity index (χ3v) is 4.17. The summed E-state index contributed by atoms with van der Waals surface area (Å²) in [6, 6.07) is 11.9. The van der Waals surface area contributed by atoms with Crippen molar-refractivity contribution in [3.05, 3.63) is 74.0 Å². The van der Waals surface area contributed by atoms with E-state index in [1.165, 1.54) is 6.07 Å². The minimum atomic E-state index is -0.452. The maximum absolute atomic E-state index is 12.3. The van der Waals surface area contributed by atoms with E-state index in [9.17, 15) is 9.59 Å². The highest BCUT2D eigenvalue weighted by Crippen LogP contribution is 2.20. The lowest BCUT2D eigenvalue weighted by Gasteiger charge is -2.08. The SMILES string of the molecule is Cc1ccc(NC(=O)c2cc(=O)c3ccc(Br)cc3o2)cc1C. The van der Waals surface area contributed by atoms with Gasteiger partial charge in [0.25, 0.3) is 5.91 Å². The van der Waals surface area contributed by atoms with E-state index >= 15 is 0 Å². The first kappa shape index (κ1) is 15.5. The lowest BCUT2D eigenvalue weighted by molar-refractivity contribution is 0.0997. The summed E-state index contributed by atoms with van der Waals surface area (Å²) in [5.41, 5.74) is 3.01. The second kappa shape index (κ2) is 6.01. The zero-order chi connectivity index (χ0) is 16.6. The number of halogens is 1. The predicted molar refractivity (Wildman–Crippen MR) is 94.1 cm³/mol. The third kappa shape index (κ3) is 3.19. The van der Waals surface area contributed by atoms with E-state index in [2.05, 4.69) is 21.2 Å². The molecular weight excluding hydrogens is 358 g/mol. The average Bonchev–Trinajstić information content (AvgIpc) is 2.50. The number of benzene rings is 2. The Bertz CT molecular complexity index is 976. The van der Waals surface area contributed by atoms with Crippen LogP contribution >= 0.6 is 15.9 Å². The van der Waals surface area contributed by atoms with Crippen molar-refractivity contribution in [3.63, 3.8) is 0 Å². The van der Waals surface area contributed by atoms with E-state index in [-0.39, 0.29) is 11.2 Å². The fraction of sp³-hybridized carbons (Fsp3) is 0.111. The maximum atomic E-state index is 12.3. The van der Waals surface area contributed by atoms with E-state index in [0.29, 0.717) is 16.7 Å². The summed E-state index contributed by atoms with van der Waals surface area (Å²) in [5, 5.41) is 3.19. The number of hydrogen-bond acceptors (Lipinski definition) is 3. The number of fused-ring (bicyclic) bond motifs is 1. The Balaban J connectivity index is 1.97. The molecule has 1 N–H and O–H groups in total. The number of aryl methyl sites for hydroxylation is 2. The monoisotopic (exact) mass is 371 g/mol. The van der Waals surface area contributed by atoms with Gasteiger partial charge in [0.05, 0.1) is 5.39 Å². The van der Waals surface area contributed by atoms with E-state index in [0.717, 1.165) is 15.6 Å². The van der Waals surface area contributed by atoms with Gasteiger partial charge in [0.2, 0.25) is 0 Å². The van der Waals surface area contributed by atoms with Crippen molar-refractivity contribution >= 4 is 38.5 Å². The van der Waals surface area contributed by atoms with Crippen LogP contribution in [-0.4, -0.2) is 5.91 Å². The third-order valence-electron chi connectivity index (χ3n) is 3.68. The van der Waals surface area contributed by atoms with Gasteiger partial charge in [-0.1, -0.05) is 22.0 Å². The molecule has 0 spiro atoms. The van der Waals surface area contributed by atoms with E-state index in [1.54, 1.807) is 18.2 Å². The fourth-order valence-electron chi connectivity index (χ4n) is 2.25. The van der Waals surface area contributed by atoms with Crippen LogP contribution in [0.25, 0.3) is 11.0 Å². The second-order valence-electron chi connectivity index (χ2n) is 5.37. The molecule has 0 aliphatic rings. The Labute approximate surface area is 141 Å². The summed E-state index contributed by atoms with van der Waals surface area (Å²) in [6.45, 7) is 3.97. The van der Waals surface area contributed by atoms with Crippen LogP contribution in [0, 0.1) is 13.8 Å². The van der Waals surface area contributed by atoms with E-state index < -0.39 is 5.91 Å². The number of carbonyl (C=O) groups excluding carboxylic acids is 1. The Morgan fingerprint density at radius 1 is 1.04 bits per heavy atom. The molecule has 0 aliphatic heterocycles. The molecule has 0 saturated carbocycles. The summed E-state index contributed by atoms with van der Waals surface area (Å²) in [7, 11) is 0. The van der Waals surface area contributed by atoms with Crippen LogP contribution in [0.1, 0.15) is 21.7 Å². The molecule has 5 heteroatoms. The Morgan fingerprint density at radius 2 is 1.83 bits per heavy atom. The standard InChI is InChI=1S/C18H14BrNO3/c1-10-3-5-13(7-11(10)2)20-18(22)17-9-15(21)14-6-4-12(19)8-16(14)23-17/h3-9H,1-2H3,(H,20,22). The molecule has 1 heterocycles. The molecule has 4 nitrogen and oxygen atoms in total. The minimum absolute atomic E-state index is 0.0150. The van der Waals surface area contributed by atoms with Gasteiger partial charge in [-0.2, -0.15) is 0 Å². The van der Waals surface area contributed by atoms with E-state index in [1.807, 2.05) is 32.0 Å². The zero-order valence-electron chi connectivity index (χ0n) is 12.6. The quantitative estimate of drug-likeness (QED) is 0.724. The van der Waals surface area contributed by atoms with Crippen molar-refractivity contribution in [1.29, 1.82) is 0 Å². The first-order chi connectivity index (χ1) is 10.9. The van der Waals surface area contributed by atoms with Gasteiger partial charge >= 0.3 is 0 Å². The summed E-state index contributed by atoms with van der Waals surface area (Å²) in [4.78, 5) is 24.4. The number of amides is 1. The van der Waals surface area contributed by atoms with Gasteiger partial charge in [0.1, 0.15) is 5.58 Å². The molecular formula is C18H14BrNO3. The molecule has 0 unspecified atom stereocenters. The summed E-state index contributed by atoms with van der Waals surface area (Å²) in [5.74, 6) is -0.467. The van der Waals surface area contributed by atoms with Crippen molar-refractivity contribution in [3.8, 4) is 0 Å². The van der Waals surface area contributed by atoms with Crippen molar-refractivity contribution in [2.24, 2.45) is 0 Å². The van der Waals surface area contributed by atoms with Gasteiger partial charge in [0, 0.05) is 16.2 Å². The smallest absolute Gasteiger partial charge is 0.291 e. The Kier molecular flexibility index (Phi) is 4.05. The van der Waals surface area contributed by atoms with Crippen LogP contribution in [0.15, 0.2) is 56.1 Å². The molecule has 0 saturated heterocycles. The highest BCUT2D eigenvalue weighted by atomic mass is 79.9. The molecule has 116 valence electrons. The molecule has 2 aromatic carbocycles. The normalized spacial score (nSPS) is 10.7. The lowest BCUT2D eigenvalue weighted by Crippen LogP contribution is -2.15. The van der Waals surface area contributed by atoms with Crippen molar-refractivity contribution in [2.75, 3.05) is 5.32 Å². The van der Waals surface area contributed by atoms with Crippen LogP contribution in [0.4, 0.5) is 5.69 Å². The van der Waals surface area contributed by atoms with Crippen LogP contribution in [0.5, 0.6) is 0 Å². The summed E-state index contributed by atoms with van der Waals surface area (Å²) >= 11 is 3.32. The van der Waals surface area contributed by atoms with Crippen LogP contribution in [-0.2, 0) is 0 Å². The summed E-state index contributed by atoms with van der Waals surface area (Å²) < 4.78 is 6.35. The van der Waals surface area contributed by atoms with Gasteiger partial charge in [-0.25, -0.2) is 0 Å². The molecule has 0 fully saturated rings. The molecule has 0 bridgehead atoms. The van der Waals surface area contributed by atoms with Crippen LogP contribution < -0.4 is 10.7 Å². The van der Waals surface area contributed by atoms with Crippen molar-refractivity contribution < 1.29 is 9.21 Å². The minimum Gasteiger partial charge on any atom is -0.451 e. The first-order valence-electron chi connectivity index (χ1n) is 7.06. The van der Waals surface area contributed by atoms with Gasteiger partial charge < -0.3 is 9.73 Å². The van der Waals surface area contributed by atoms with Gasteiger partial charge in [-0.05, 0) is 55.3 Å². The molecule has 3 rings (SSSR count). The van der Waals surface area contributed by atoms with Crippen LogP contribution in [0.2, 0.25) is 0 Å².